The standard InChI is InChI=1S/C13H20ClNO3S/c1-10(2)12-9-11(19(14,16)17)5-6-13(12)18-8-7-15(3)4/h5-6,9-10H,7-8H2,1-4H3. The van der Waals surface area contributed by atoms with E-state index < -0.39 is 9.05 Å². The minimum absolute atomic E-state index is 0.109. The van der Waals surface area contributed by atoms with E-state index in [4.69, 9.17) is 15.4 Å². The summed E-state index contributed by atoms with van der Waals surface area (Å²) in [5, 5.41) is 0. The highest BCUT2D eigenvalue weighted by atomic mass is 35.7. The molecule has 0 aliphatic rings. The Morgan fingerprint density at radius 3 is 2.42 bits per heavy atom. The Labute approximate surface area is 119 Å². The van der Waals surface area contributed by atoms with E-state index in [-0.39, 0.29) is 10.8 Å². The lowest BCUT2D eigenvalue weighted by Crippen LogP contribution is -2.19. The molecular formula is C13H20ClNO3S. The molecule has 0 aliphatic heterocycles. The van der Waals surface area contributed by atoms with Crippen LogP contribution in [0, 0.1) is 0 Å². The monoisotopic (exact) mass is 305 g/mol. The predicted octanol–water partition coefficient (Wildman–Crippen LogP) is 2.68. The van der Waals surface area contributed by atoms with Crippen LogP contribution >= 0.6 is 10.7 Å². The van der Waals surface area contributed by atoms with Gasteiger partial charge in [-0.2, -0.15) is 0 Å². The van der Waals surface area contributed by atoms with Crippen LogP contribution in [0.25, 0.3) is 0 Å². The molecule has 4 nitrogen and oxygen atoms in total. The van der Waals surface area contributed by atoms with E-state index in [1.807, 2.05) is 32.8 Å². The van der Waals surface area contributed by atoms with Gasteiger partial charge in [0.1, 0.15) is 12.4 Å². The molecule has 0 atom stereocenters. The number of benzene rings is 1. The molecule has 0 N–H and O–H groups in total. The Kier molecular flexibility index (Phi) is 5.64. The van der Waals surface area contributed by atoms with Gasteiger partial charge in [0.15, 0.2) is 0 Å². The molecule has 1 aromatic carbocycles. The number of rotatable bonds is 6. The van der Waals surface area contributed by atoms with Crippen molar-refractivity contribution in [2.24, 2.45) is 0 Å². The average molecular weight is 306 g/mol. The fraction of sp³-hybridized carbons (Fsp3) is 0.538. The summed E-state index contributed by atoms with van der Waals surface area (Å²) in [5.41, 5.74) is 0.848. The normalized spacial score (nSPS) is 12.2. The topological polar surface area (TPSA) is 46.6 Å². The Balaban J connectivity index is 2.99. The van der Waals surface area contributed by atoms with Crippen LogP contribution in [0.2, 0.25) is 0 Å². The number of likely N-dealkylation sites (N-methyl/N-ethyl adjacent to an activating group) is 1. The quantitative estimate of drug-likeness (QED) is 0.758. The van der Waals surface area contributed by atoms with Gasteiger partial charge in [0.2, 0.25) is 0 Å². The number of hydrogen-bond donors (Lipinski definition) is 0. The third kappa shape index (κ3) is 5.01. The molecule has 0 unspecified atom stereocenters. The second-order valence-corrected chi connectivity index (χ2v) is 7.51. The van der Waals surface area contributed by atoms with Crippen molar-refractivity contribution in [2.75, 3.05) is 27.2 Å². The van der Waals surface area contributed by atoms with Crippen molar-refractivity contribution < 1.29 is 13.2 Å². The fourth-order valence-corrected chi connectivity index (χ4v) is 2.39. The maximum Gasteiger partial charge on any atom is 0.261 e. The maximum absolute atomic E-state index is 11.3. The van der Waals surface area contributed by atoms with Crippen molar-refractivity contribution in [2.45, 2.75) is 24.7 Å². The summed E-state index contributed by atoms with van der Waals surface area (Å²) in [6.45, 7) is 5.32. The number of halogens is 1. The van der Waals surface area contributed by atoms with E-state index in [2.05, 4.69) is 0 Å². The Bertz CT molecular complexity index is 527. The lowest BCUT2D eigenvalue weighted by molar-refractivity contribution is 0.259. The predicted molar refractivity (Wildman–Crippen MR) is 77.6 cm³/mol. The average Bonchev–Trinajstić information content (AvgIpc) is 2.27. The van der Waals surface area contributed by atoms with Crippen LogP contribution in [-0.4, -0.2) is 40.6 Å². The summed E-state index contributed by atoms with van der Waals surface area (Å²) in [6, 6.07) is 4.72. The van der Waals surface area contributed by atoms with E-state index in [0.29, 0.717) is 12.4 Å². The third-order valence-electron chi connectivity index (χ3n) is 2.68. The van der Waals surface area contributed by atoms with Gasteiger partial charge in [-0.3, -0.25) is 0 Å². The molecule has 1 aromatic rings. The number of nitrogens with zero attached hydrogens (tertiary/aromatic N) is 1. The Hall–Kier alpha value is -0.780. The van der Waals surface area contributed by atoms with E-state index in [0.717, 1.165) is 12.1 Å². The van der Waals surface area contributed by atoms with Gasteiger partial charge in [0.25, 0.3) is 9.05 Å². The van der Waals surface area contributed by atoms with Crippen LogP contribution in [0.15, 0.2) is 23.1 Å². The van der Waals surface area contributed by atoms with Gasteiger partial charge in [-0.15, -0.1) is 0 Å². The van der Waals surface area contributed by atoms with Crippen molar-refractivity contribution >= 4 is 19.7 Å². The molecule has 0 saturated heterocycles. The van der Waals surface area contributed by atoms with Crippen LogP contribution in [0.1, 0.15) is 25.3 Å². The van der Waals surface area contributed by atoms with Crippen molar-refractivity contribution in [3.63, 3.8) is 0 Å². The second-order valence-electron chi connectivity index (χ2n) is 4.94. The largest absolute Gasteiger partial charge is 0.492 e. The smallest absolute Gasteiger partial charge is 0.261 e. The Morgan fingerprint density at radius 2 is 1.95 bits per heavy atom. The highest BCUT2D eigenvalue weighted by molar-refractivity contribution is 8.13. The molecule has 0 heterocycles. The summed E-state index contributed by atoms with van der Waals surface area (Å²) in [7, 11) is 5.59. The van der Waals surface area contributed by atoms with E-state index in [9.17, 15) is 8.42 Å². The maximum atomic E-state index is 11.3. The van der Waals surface area contributed by atoms with E-state index in [1.54, 1.807) is 12.1 Å². The SMILES string of the molecule is CC(C)c1cc(S(=O)(=O)Cl)ccc1OCCN(C)C. The number of hydrogen-bond acceptors (Lipinski definition) is 4. The van der Waals surface area contributed by atoms with Crippen LogP contribution in [0.3, 0.4) is 0 Å². The minimum Gasteiger partial charge on any atom is -0.492 e. The molecule has 0 amide bonds. The van der Waals surface area contributed by atoms with Gasteiger partial charge in [-0.05, 0) is 43.8 Å². The van der Waals surface area contributed by atoms with Crippen LogP contribution in [0.5, 0.6) is 5.75 Å². The summed E-state index contributed by atoms with van der Waals surface area (Å²) < 4.78 is 28.4. The van der Waals surface area contributed by atoms with Crippen molar-refractivity contribution in [3.05, 3.63) is 23.8 Å². The Morgan fingerprint density at radius 1 is 1.32 bits per heavy atom. The van der Waals surface area contributed by atoms with Gasteiger partial charge >= 0.3 is 0 Å². The molecule has 1 rings (SSSR count). The first-order valence-corrected chi connectivity index (χ1v) is 8.39. The zero-order valence-electron chi connectivity index (χ0n) is 11.7. The van der Waals surface area contributed by atoms with Crippen LogP contribution in [-0.2, 0) is 9.05 Å². The first-order chi connectivity index (χ1) is 8.71. The van der Waals surface area contributed by atoms with Crippen molar-refractivity contribution in [1.82, 2.24) is 4.90 Å². The lowest BCUT2D eigenvalue weighted by Gasteiger charge is -2.16. The molecule has 0 saturated carbocycles. The summed E-state index contributed by atoms with van der Waals surface area (Å²) in [5.74, 6) is 0.869. The lowest BCUT2D eigenvalue weighted by atomic mass is 10.0. The van der Waals surface area contributed by atoms with E-state index >= 15 is 0 Å². The highest BCUT2D eigenvalue weighted by Crippen LogP contribution is 2.30. The summed E-state index contributed by atoms with van der Waals surface area (Å²) in [6.07, 6.45) is 0. The molecule has 6 heteroatoms. The molecule has 108 valence electrons. The summed E-state index contributed by atoms with van der Waals surface area (Å²) >= 11 is 0. The third-order valence-corrected chi connectivity index (χ3v) is 4.03. The fourth-order valence-electron chi connectivity index (χ4n) is 1.60. The van der Waals surface area contributed by atoms with Gasteiger partial charge in [-0.1, -0.05) is 13.8 Å². The van der Waals surface area contributed by atoms with Crippen molar-refractivity contribution in [3.8, 4) is 5.75 Å². The molecular weight excluding hydrogens is 286 g/mol. The molecule has 0 bridgehead atoms. The molecule has 0 aromatic heterocycles. The zero-order chi connectivity index (χ0) is 14.6. The van der Waals surface area contributed by atoms with Crippen LogP contribution in [0.4, 0.5) is 0 Å². The molecule has 19 heavy (non-hydrogen) atoms. The second kappa shape index (κ2) is 6.59. The molecule has 0 aliphatic carbocycles. The first-order valence-electron chi connectivity index (χ1n) is 6.08. The van der Waals surface area contributed by atoms with Gasteiger partial charge in [0, 0.05) is 17.2 Å². The summed E-state index contributed by atoms with van der Waals surface area (Å²) in [4.78, 5) is 2.13. The van der Waals surface area contributed by atoms with Gasteiger partial charge in [0.05, 0.1) is 4.90 Å². The number of ether oxygens (including phenoxy) is 1. The highest BCUT2D eigenvalue weighted by Gasteiger charge is 2.15. The van der Waals surface area contributed by atoms with Gasteiger partial charge < -0.3 is 9.64 Å². The molecule has 0 radical (unpaired) electrons. The van der Waals surface area contributed by atoms with Crippen LogP contribution < -0.4 is 4.74 Å². The minimum atomic E-state index is -3.70. The van der Waals surface area contributed by atoms with E-state index in [1.165, 1.54) is 6.07 Å². The van der Waals surface area contributed by atoms with Crippen molar-refractivity contribution in [1.29, 1.82) is 0 Å². The molecule has 0 spiro atoms. The first kappa shape index (κ1) is 16.3. The van der Waals surface area contributed by atoms with Gasteiger partial charge in [-0.25, -0.2) is 8.42 Å². The molecule has 0 fully saturated rings. The zero-order valence-corrected chi connectivity index (χ0v) is 13.3.